The molecule has 1 aliphatic heterocycles. The standard InChI is InChI=1S/C13H29N3O2S2/c1-4-14-10-13-6-5-9-16(11-13)20(17,18)15-8-7-12(2)19-3/h12-15H,4-11H2,1-3H3. The van der Waals surface area contributed by atoms with Crippen molar-refractivity contribution in [1.29, 1.82) is 0 Å². The third kappa shape index (κ3) is 6.30. The summed E-state index contributed by atoms with van der Waals surface area (Å²) in [6.07, 6.45) is 4.99. The van der Waals surface area contributed by atoms with Gasteiger partial charge in [0.05, 0.1) is 0 Å². The van der Waals surface area contributed by atoms with E-state index in [-0.39, 0.29) is 0 Å². The Morgan fingerprint density at radius 1 is 1.45 bits per heavy atom. The maximum atomic E-state index is 12.3. The van der Waals surface area contributed by atoms with Crippen LogP contribution in [0.1, 0.15) is 33.1 Å². The van der Waals surface area contributed by atoms with Gasteiger partial charge in [-0.1, -0.05) is 13.8 Å². The highest BCUT2D eigenvalue weighted by Crippen LogP contribution is 2.18. The highest BCUT2D eigenvalue weighted by molar-refractivity contribution is 7.99. The second-order valence-electron chi connectivity index (χ2n) is 5.41. The van der Waals surface area contributed by atoms with Gasteiger partial charge in [-0.15, -0.1) is 0 Å². The molecule has 1 fully saturated rings. The second kappa shape index (κ2) is 9.25. The number of hydrogen-bond acceptors (Lipinski definition) is 4. The van der Waals surface area contributed by atoms with E-state index in [1.54, 1.807) is 16.1 Å². The first-order chi connectivity index (χ1) is 9.49. The molecule has 2 atom stereocenters. The number of thioether (sulfide) groups is 1. The number of nitrogens with one attached hydrogen (secondary N) is 2. The van der Waals surface area contributed by atoms with Gasteiger partial charge in [0.1, 0.15) is 0 Å². The average molecular weight is 324 g/mol. The van der Waals surface area contributed by atoms with Gasteiger partial charge in [0.15, 0.2) is 0 Å². The normalized spacial score (nSPS) is 22.9. The van der Waals surface area contributed by atoms with Gasteiger partial charge in [0, 0.05) is 24.9 Å². The minimum absolute atomic E-state index is 0.436. The lowest BCUT2D eigenvalue weighted by Gasteiger charge is -2.32. The minimum Gasteiger partial charge on any atom is -0.317 e. The first-order valence-corrected chi connectivity index (χ1v) is 10.2. The van der Waals surface area contributed by atoms with E-state index in [9.17, 15) is 8.42 Å². The molecule has 2 unspecified atom stereocenters. The number of rotatable bonds is 9. The van der Waals surface area contributed by atoms with Crippen molar-refractivity contribution in [2.24, 2.45) is 5.92 Å². The van der Waals surface area contributed by atoms with Crippen molar-refractivity contribution < 1.29 is 8.42 Å². The van der Waals surface area contributed by atoms with E-state index in [0.717, 1.165) is 32.4 Å². The van der Waals surface area contributed by atoms with Crippen LogP contribution in [0.5, 0.6) is 0 Å². The maximum absolute atomic E-state index is 12.3. The van der Waals surface area contributed by atoms with E-state index in [0.29, 0.717) is 30.8 Å². The molecular formula is C13H29N3O2S2. The Labute approximate surface area is 128 Å². The van der Waals surface area contributed by atoms with Crippen LogP contribution >= 0.6 is 11.8 Å². The van der Waals surface area contributed by atoms with Gasteiger partial charge < -0.3 is 5.32 Å². The summed E-state index contributed by atoms with van der Waals surface area (Å²) < 4.78 is 28.9. The Morgan fingerprint density at radius 3 is 2.85 bits per heavy atom. The molecule has 0 saturated carbocycles. The molecule has 0 aliphatic carbocycles. The van der Waals surface area contributed by atoms with Gasteiger partial charge in [0.25, 0.3) is 10.2 Å². The Morgan fingerprint density at radius 2 is 2.20 bits per heavy atom. The molecule has 0 radical (unpaired) electrons. The SMILES string of the molecule is CCNCC1CCCN(S(=O)(=O)NCCC(C)SC)C1. The van der Waals surface area contributed by atoms with E-state index < -0.39 is 10.2 Å². The van der Waals surface area contributed by atoms with Crippen molar-refractivity contribution in [3.63, 3.8) is 0 Å². The van der Waals surface area contributed by atoms with E-state index in [1.165, 1.54) is 0 Å². The molecule has 0 bridgehead atoms. The summed E-state index contributed by atoms with van der Waals surface area (Å²) in [4.78, 5) is 0. The van der Waals surface area contributed by atoms with Crippen molar-refractivity contribution in [2.75, 3.05) is 39.0 Å². The molecule has 0 spiro atoms. The monoisotopic (exact) mass is 323 g/mol. The molecule has 1 aliphatic rings. The maximum Gasteiger partial charge on any atom is 0.279 e. The summed E-state index contributed by atoms with van der Waals surface area (Å²) >= 11 is 1.76. The molecule has 0 aromatic heterocycles. The summed E-state index contributed by atoms with van der Waals surface area (Å²) in [6, 6.07) is 0. The molecule has 0 amide bonds. The lowest BCUT2D eigenvalue weighted by atomic mass is 10.00. The Hall–Kier alpha value is 0.180. The Balaban J connectivity index is 2.41. The first-order valence-electron chi connectivity index (χ1n) is 7.47. The van der Waals surface area contributed by atoms with Gasteiger partial charge in [-0.2, -0.15) is 24.5 Å². The lowest BCUT2D eigenvalue weighted by Crippen LogP contribution is -2.48. The van der Waals surface area contributed by atoms with Crippen LogP contribution in [0.3, 0.4) is 0 Å². The topological polar surface area (TPSA) is 61.4 Å². The fourth-order valence-electron chi connectivity index (χ4n) is 2.36. The van der Waals surface area contributed by atoms with E-state index in [4.69, 9.17) is 0 Å². The molecule has 0 aromatic carbocycles. The van der Waals surface area contributed by atoms with Crippen LogP contribution in [0.15, 0.2) is 0 Å². The van der Waals surface area contributed by atoms with Crippen molar-refractivity contribution in [2.45, 2.75) is 38.4 Å². The summed E-state index contributed by atoms with van der Waals surface area (Å²) in [5.41, 5.74) is 0. The highest BCUT2D eigenvalue weighted by atomic mass is 32.2. The van der Waals surface area contributed by atoms with Crippen LogP contribution in [0, 0.1) is 5.92 Å². The van der Waals surface area contributed by atoms with Gasteiger partial charge >= 0.3 is 0 Å². The van der Waals surface area contributed by atoms with E-state index in [2.05, 4.69) is 30.1 Å². The van der Waals surface area contributed by atoms with Gasteiger partial charge in [0.2, 0.25) is 0 Å². The predicted molar refractivity (Wildman–Crippen MR) is 87.4 cm³/mol. The third-order valence-corrected chi connectivity index (χ3v) is 6.36. The van der Waals surface area contributed by atoms with E-state index >= 15 is 0 Å². The van der Waals surface area contributed by atoms with Crippen molar-refractivity contribution in [3.8, 4) is 0 Å². The number of hydrogen-bond donors (Lipinski definition) is 2. The van der Waals surface area contributed by atoms with Crippen LogP contribution < -0.4 is 10.0 Å². The summed E-state index contributed by atoms with van der Waals surface area (Å²) in [5, 5.41) is 3.80. The van der Waals surface area contributed by atoms with Gasteiger partial charge in [-0.3, -0.25) is 0 Å². The molecule has 120 valence electrons. The summed E-state index contributed by atoms with van der Waals surface area (Å²) in [5.74, 6) is 0.436. The predicted octanol–water partition coefficient (Wildman–Crippen LogP) is 1.28. The van der Waals surface area contributed by atoms with Crippen LogP contribution in [-0.2, 0) is 10.2 Å². The van der Waals surface area contributed by atoms with Crippen molar-refractivity contribution in [1.82, 2.24) is 14.3 Å². The van der Waals surface area contributed by atoms with Crippen LogP contribution in [0.2, 0.25) is 0 Å². The lowest BCUT2D eigenvalue weighted by molar-refractivity contribution is 0.258. The zero-order chi connectivity index (χ0) is 15.0. The summed E-state index contributed by atoms with van der Waals surface area (Å²) in [7, 11) is -3.30. The summed E-state index contributed by atoms with van der Waals surface area (Å²) in [6.45, 7) is 7.85. The van der Waals surface area contributed by atoms with Gasteiger partial charge in [-0.05, 0) is 44.5 Å². The first kappa shape index (κ1) is 18.2. The third-order valence-electron chi connectivity index (χ3n) is 3.74. The smallest absolute Gasteiger partial charge is 0.279 e. The van der Waals surface area contributed by atoms with Crippen molar-refractivity contribution >= 4 is 22.0 Å². The average Bonchev–Trinajstić information content (AvgIpc) is 2.45. The molecular weight excluding hydrogens is 294 g/mol. The molecule has 20 heavy (non-hydrogen) atoms. The molecule has 5 nitrogen and oxygen atoms in total. The Bertz CT molecular complexity index is 363. The number of nitrogens with zero attached hydrogens (tertiary/aromatic N) is 1. The van der Waals surface area contributed by atoms with Crippen LogP contribution in [0.4, 0.5) is 0 Å². The molecule has 1 saturated heterocycles. The fourth-order valence-corrected chi connectivity index (χ4v) is 4.05. The van der Waals surface area contributed by atoms with Gasteiger partial charge in [-0.25, -0.2) is 4.72 Å². The molecule has 7 heteroatoms. The fraction of sp³-hybridized carbons (Fsp3) is 1.00. The minimum atomic E-state index is -3.30. The van der Waals surface area contributed by atoms with Crippen molar-refractivity contribution in [3.05, 3.63) is 0 Å². The largest absolute Gasteiger partial charge is 0.317 e. The quantitative estimate of drug-likeness (QED) is 0.671. The molecule has 2 N–H and O–H groups in total. The van der Waals surface area contributed by atoms with E-state index in [1.807, 2.05) is 0 Å². The van der Waals surface area contributed by atoms with Crippen LogP contribution in [-0.4, -0.2) is 57.0 Å². The molecule has 1 heterocycles. The zero-order valence-corrected chi connectivity index (χ0v) is 14.5. The molecule has 0 aromatic rings. The highest BCUT2D eigenvalue weighted by Gasteiger charge is 2.28. The Kier molecular flexibility index (Phi) is 8.43. The van der Waals surface area contributed by atoms with Crippen LogP contribution in [0.25, 0.3) is 0 Å². The number of piperidine rings is 1. The second-order valence-corrected chi connectivity index (χ2v) is 8.44. The zero-order valence-electron chi connectivity index (χ0n) is 12.9. The molecule has 1 rings (SSSR count).